The molecule has 1 atom stereocenters. The van der Waals surface area contributed by atoms with E-state index >= 15 is 0 Å². The maximum Gasteiger partial charge on any atom is 0.261 e. The fourth-order valence-corrected chi connectivity index (χ4v) is 2.50. The molecule has 1 aliphatic rings. The predicted octanol–water partition coefficient (Wildman–Crippen LogP) is 2.06. The van der Waals surface area contributed by atoms with Crippen LogP contribution in [-0.4, -0.2) is 38.4 Å². The van der Waals surface area contributed by atoms with Crippen molar-refractivity contribution in [2.24, 2.45) is 0 Å². The Morgan fingerprint density at radius 3 is 3.28 bits per heavy atom. The quantitative estimate of drug-likeness (QED) is 0.771. The van der Waals surface area contributed by atoms with Gasteiger partial charge in [0.15, 0.2) is 0 Å². The summed E-state index contributed by atoms with van der Waals surface area (Å²) in [6.45, 7) is 2.87. The largest absolute Gasteiger partial charge is 0.379 e. The van der Waals surface area contributed by atoms with E-state index in [2.05, 4.69) is 5.32 Å². The Labute approximate surface area is 111 Å². The van der Waals surface area contributed by atoms with Crippen molar-refractivity contribution in [3.63, 3.8) is 0 Å². The molecule has 0 aliphatic carbocycles. The zero-order chi connectivity index (χ0) is 12.6. The maximum atomic E-state index is 11.6. The van der Waals surface area contributed by atoms with Crippen LogP contribution in [0.25, 0.3) is 0 Å². The fraction of sp³-hybridized carbons (Fsp3) is 0.615. The molecule has 2 rings (SSSR count). The van der Waals surface area contributed by atoms with Gasteiger partial charge in [0.05, 0.1) is 17.6 Å². The summed E-state index contributed by atoms with van der Waals surface area (Å²) in [4.78, 5) is 12.3. The van der Waals surface area contributed by atoms with Crippen LogP contribution in [0.4, 0.5) is 0 Å². The van der Waals surface area contributed by atoms with Crippen molar-refractivity contribution in [3.05, 3.63) is 22.4 Å². The van der Waals surface area contributed by atoms with Gasteiger partial charge in [-0.2, -0.15) is 0 Å². The van der Waals surface area contributed by atoms with E-state index in [-0.39, 0.29) is 12.0 Å². The van der Waals surface area contributed by atoms with Gasteiger partial charge < -0.3 is 14.8 Å². The van der Waals surface area contributed by atoms with Gasteiger partial charge in [-0.15, -0.1) is 11.3 Å². The van der Waals surface area contributed by atoms with Crippen LogP contribution in [0.2, 0.25) is 0 Å². The summed E-state index contributed by atoms with van der Waals surface area (Å²) in [5.74, 6) is 0.00382. The highest BCUT2D eigenvalue weighted by Crippen LogP contribution is 2.11. The summed E-state index contributed by atoms with van der Waals surface area (Å²) in [5, 5.41) is 4.78. The smallest absolute Gasteiger partial charge is 0.261 e. The number of carbonyl (C=O) groups excluding carboxylic acids is 1. The second-order valence-electron chi connectivity index (χ2n) is 4.30. The highest BCUT2D eigenvalue weighted by atomic mass is 32.1. The highest BCUT2D eigenvalue weighted by molar-refractivity contribution is 7.12. The Morgan fingerprint density at radius 2 is 2.56 bits per heavy atom. The van der Waals surface area contributed by atoms with Crippen LogP contribution in [-0.2, 0) is 9.47 Å². The lowest BCUT2D eigenvalue weighted by atomic mass is 10.2. The number of hydrogen-bond acceptors (Lipinski definition) is 4. The Bertz CT molecular complexity index is 347. The minimum Gasteiger partial charge on any atom is -0.379 e. The van der Waals surface area contributed by atoms with E-state index in [1.165, 1.54) is 11.3 Å². The Kier molecular flexibility index (Phi) is 5.64. The highest BCUT2D eigenvalue weighted by Gasteiger charge is 2.14. The number of thiophene rings is 1. The van der Waals surface area contributed by atoms with E-state index < -0.39 is 0 Å². The summed E-state index contributed by atoms with van der Waals surface area (Å²) in [6, 6.07) is 3.71. The van der Waals surface area contributed by atoms with E-state index in [0.717, 1.165) is 30.7 Å². The Hall–Kier alpha value is -0.910. The SMILES string of the molecule is O=C(NCCCOC[C@@H]1CCCO1)c1cccs1. The number of hydrogen-bond donors (Lipinski definition) is 1. The van der Waals surface area contributed by atoms with Crippen LogP contribution >= 0.6 is 11.3 Å². The molecule has 0 spiro atoms. The third kappa shape index (κ3) is 4.40. The molecule has 1 aromatic rings. The summed E-state index contributed by atoms with van der Waals surface area (Å²) < 4.78 is 11.0. The van der Waals surface area contributed by atoms with Gasteiger partial charge >= 0.3 is 0 Å². The molecule has 0 unspecified atom stereocenters. The molecule has 1 aliphatic heterocycles. The van der Waals surface area contributed by atoms with Crippen molar-refractivity contribution in [1.29, 1.82) is 0 Å². The first-order valence-electron chi connectivity index (χ1n) is 6.37. The van der Waals surface area contributed by atoms with Crippen molar-refractivity contribution in [2.75, 3.05) is 26.4 Å². The molecule has 0 saturated carbocycles. The van der Waals surface area contributed by atoms with Gasteiger partial charge in [0.25, 0.3) is 5.91 Å². The third-order valence-corrected chi connectivity index (χ3v) is 3.69. The molecule has 0 bridgehead atoms. The van der Waals surface area contributed by atoms with Crippen molar-refractivity contribution >= 4 is 17.2 Å². The van der Waals surface area contributed by atoms with E-state index in [9.17, 15) is 4.79 Å². The molecule has 1 aromatic heterocycles. The number of nitrogens with one attached hydrogen (secondary N) is 1. The molecule has 18 heavy (non-hydrogen) atoms. The predicted molar refractivity (Wildman–Crippen MR) is 71.1 cm³/mol. The van der Waals surface area contributed by atoms with Gasteiger partial charge in [0.2, 0.25) is 0 Å². The molecule has 1 fully saturated rings. The Morgan fingerprint density at radius 1 is 1.61 bits per heavy atom. The monoisotopic (exact) mass is 269 g/mol. The first-order valence-corrected chi connectivity index (χ1v) is 7.25. The van der Waals surface area contributed by atoms with Gasteiger partial charge in [-0.3, -0.25) is 4.79 Å². The maximum absolute atomic E-state index is 11.6. The van der Waals surface area contributed by atoms with E-state index in [1.54, 1.807) is 0 Å². The molecular formula is C13H19NO3S. The van der Waals surface area contributed by atoms with Crippen LogP contribution < -0.4 is 5.32 Å². The normalized spacial score (nSPS) is 19.0. The van der Waals surface area contributed by atoms with Gasteiger partial charge in [0, 0.05) is 19.8 Å². The number of carbonyl (C=O) groups is 1. The molecule has 4 nitrogen and oxygen atoms in total. The van der Waals surface area contributed by atoms with Crippen LogP contribution in [0.15, 0.2) is 17.5 Å². The third-order valence-electron chi connectivity index (χ3n) is 2.82. The number of ether oxygens (including phenoxy) is 2. The van der Waals surface area contributed by atoms with E-state index in [1.807, 2.05) is 17.5 Å². The first-order chi connectivity index (χ1) is 8.86. The van der Waals surface area contributed by atoms with Crippen LogP contribution in [0.1, 0.15) is 28.9 Å². The topological polar surface area (TPSA) is 47.6 Å². The lowest BCUT2D eigenvalue weighted by molar-refractivity contribution is 0.0166. The van der Waals surface area contributed by atoms with Crippen LogP contribution in [0.3, 0.4) is 0 Å². The van der Waals surface area contributed by atoms with Crippen molar-refractivity contribution in [3.8, 4) is 0 Å². The molecule has 5 heteroatoms. The number of rotatable bonds is 7. The lowest BCUT2D eigenvalue weighted by Gasteiger charge is -2.10. The zero-order valence-electron chi connectivity index (χ0n) is 10.4. The summed E-state index contributed by atoms with van der Waals surface area (Å²) in [7, 11) is 0. The lowest BCUT2D eigenvalue weighted by Crippen LogP contribution is -2.25. The Balaban J connectivity index is 1.47. The van der Waals surface area contributed by atoms with Crippen LogP contribution in [0, 0.1) is 0 Å². The number of amides is 1. The average Bonchev–Trinajstić information content (AvgIpc) is 3.05. The standard InChI is InChI=1S/C13H19NO3S/c15-13(12-5-2-9-18-12)14-6-3-7-16-10-11-4-1-8-17-11/h2,5,9,11H,1,3-4,6-8,10H2,(H,14,15)/t11-/m0/s1. The van der Waals surface area contributed by atoms with Gasteiger partial charge in [-0.1, -0.05) is 6.07 Å². The van der Waals surface area contributed by atoms with Crippen molar-refractivity contribution < 1.29 is 14.3 Å². The van der Waals surface area contributed by atoms with Gasteiger partial charge in [0.1, 0.15) is 0 Å². The van der Waals surface area contributed by atoms with Gasteiger partial charge in [-0.05, 0) is 30.7 Å². The van der Waals surface area contributed by atoms with Crippen molar-refractivity contribution in [1.82, 2.24) is 5.32 Å². The van der Waals surface area contributed by atoms with Crippen LogP contribution in [0.5, 0.6) is 0 Å². The minimum atomic E-state index is 0.00382. The molecule has 0 radical (unpaired) electrons. The molecular weight excluding hydrogens is 250 g/mol. The summed E-state index contributed by atoms with van der Waals surface area (Å²) in [5.41, 5.74) is 0. The molecule has 0 aromatic carbocycles. The molecule has 100 valence electrons. The average molecular weight is 269 g/mol. The molecule has 2 heterocycles. The minimum absolute atomic E-state index is 0.00382. The molecule has 1 saturated heterocycles. The molecule has 1 amide bonds. The zero-order valence-corrected chi connectivity index (χ0v) is 11.2. The van der Waals surface area contributed by atoms with Gasteiger partial charge in [-0.25, -0.2) is 0 Å². The van der Waals surface area contributed by atoms with Crippen molar-refractivity contribution in [2.45, 2.75) is 25.4 Å². The fourth-order valence-electron chi connectivity index (χ4n) is 1.86. The second kappa shape index (κ2) is 7.51. The van der Waals surface area contributed by atoms with E-state index in [0.29, 0.717) is 19.8 Å². The molecule has 1 N–H and O–H groups in total. The van der Waals surface area contributed by atoms with E-state index in [4.69, 9.17) is 9.47 Å². The first kappa shape index (κ1) is 13.5. The second-order valence-corrected chi connectivity index (χ2v) is 5.24. The summed E-state index contributed by atoms with van der Waals surface area (Å²) >= 11 is 1.46. The summed E-state index contributed by atoms with van der Waals surface area (Å²) in [6.07, 6.45) is 3.37.